The first-order valence-electron chi connectivity index (χ1n) is 19.2. The van der Waals surface area contributed by atoms with Gasteiger partial charge in [0.1, 0.15) is 0 Å². The average Bonchev–Trinajstić information content (AvgIpc) is 3.66. The lowest BCUT2D eigenvalue weighted by molar-refractivity contribution is 1.30. The second-order valence-corrected chi connectivity index (χ2v) is 15.6. The van der Waals surface area contributed by atoms with Crippen molar-refractivity contribution >= 4 is 80.9 Å². The van der Waals surface area contributed by atoms with E-state index < -0.39 is 0 Å². The van der Waals surface area contributed by atoms with Gasteiger partial charge in [0.2, 0.25) is 0 Å². The number of hydrogen-bond donors (Lipinski definition) is 0. The number of nitrogens with zero attached hydrogens (tertiary/aromatic N) is 1. The van der Waals surface area contributed by atoms with Gasteiger partial charge < -0.3 is 4.90 Å². The molecule has 1 aromatic heterocycles. The maximum atomic E-state index is 2.47. The van der Waals surface area contributed by atoms with Crippen LogP contribution in [-0.2, 0) is 0 Å². The molecular weight excluding hydrogens is 695 g/mol. The highest BCUT2D eigenvalue weighted by molar-refractivity contribution is 7.26. The Kier molecular flexibility index (Phi) is 7.75. The van der Waals surface area contributed by atoms with E-state index in [1.807, 2.05) is 11.3 Å². The van der Waals surface area contributed by atoms with Gasteiger partial charge in [-0.3, -0.25) is 0 Å². The van der Waals surface area contributed by atoms with Crippen LogP contribution in [0, 0.1) is 0 Å². The van der Waals surface area contributed by atoms with E-state index in [1.54, 1.807) is 0 Å². The van der Waals surface area contributed by atoms with Gasteiger partial charge in [0.25, 0.3) is 0 Å². The van der Waals surface area contributed by atoms with Gasteiger partial charge in [-0.15, -0.1) is 11.3 Å². The number of anilines is 3. The van der Waals surface area contributed by atoms with Crippen LogP contribution in [0.25, 0.3) is 85.9 Å². The predicted molar refractivity (Wildman–Crippen MR) is 243 cm³/mol. The van der Waals surface area contributed by atoms with Gasteiger partial charge in [-0.1, -0.05) is 164 Å². The van der Waals surface area contributed by atoms with Crippen LogP contribution in [0.15, 0.2) is 212 Å². The van der Waals surface area contributed by atoms with Crippen molar-refractivity contribution in [2.75, 3.05) is 4.90 Å². The molecule has 0 aliphatic carbocycles. The summed E-state index contributed by atoms with van der Waals surface area (Å²) in [5, 5.41) is 10.2. The fraction of sp³-hybridized carbons (Fsp3) is 0. The van der Waals surface area contributed by atoms with Gasteiger partial charge >= 0.3 is 0 Å². The molecule has 0 unspecified atom stereocenters. The van der Waals surface area contributed by atoms with Crippen LogP contribution in [0.3, 0.4) is 0 Å². The molecule has 0 bridgehead atoms. The summed E-state index contributed by atoms with van der Waals surface area (Å²) in [6, 6.07) is 77.8. The van der Waals surface area contributed by atoms with Crippen LogP contribution in [0.2, 0.25) is 0 Å². The zero-order chi connectivity index (χ0) is 37.0. The molecule has 0 aliphatic heterocycles. The summed E-state index contributed by atoms with van der Waals surface area (Å²) >= 11 is 1.86. The van der Waals surface area contributed by atoms with Gasteiger partial charge in [0.05, 0.1) is 11.4 Å². The van der Waals surface area contributed by atoms with E-state index in [4.69, 9.17) is 0 Å². The van der Waals surface area contributed by atoms with Crippen LogP contribution < -0.4 is 4.90 Å². The number of hydrogen-bond acceptors (Lipinski definition) is 2. The van der Waals surface area contributed by atoms with Crippen molar-refractivity contribution in [2.24, 2.45) is 0 Å². The third-order valence-corrected chi connectivity index (χ3v) is 12.4. The largest absolute Gasteiger partial charge is 0.309 e. The Labute approximate surface area is 330 Å². The van der Waals surface area contributed by atoms with E-state index in [-0.39, 0.29) is 0 Å². The zero-order valence-electron chi connectivity index (χ0n) is 30.6. The number of rotatable bonds is 6. The van der Waals surface area contributed by atoms with Crippen molar-refractivity contribution < 1.29 is 0 Å². The molecule has 56 heavy (non-hydrogen) atoms. The molecule has 0 fully saturated rings. The summed E-state index contributed by atoms with van der Waals surface area (Å²) in [4.78, 5) is 2.47. The molecule has 11 rings (SSSR count). The lowest BCUT2D eigenvalue weighted by atomic mass is 9.94. The Balaban J connectivity index is 1.08. The van der Waals surface area contributed by atoms with Gasteiger partial charge in [0.15, 0.2) is 0 Å². The van der Waals surface area contributed by atoms with E-state index in [0.29, 0.717) is 0 Å². The number of thiophene rings is 1. The van der Waals surface area contributed by atoms with Crippen LogP contribution in [0.4, 0.5) is 17.1 Å². The molecule has 2 heteroatoms. The molecule has 0 saturated carbocycles. The Morgan fingerprint density at radius 3 is 1.75 bits per heavy atom. The first-order valence-corrected chi connectivity index (χ1v) is 20.0. The molecule has 0 amide bonds. The fourth-order valence-electron chi connectivity index (χ4n) is 8.59. The van der Waals surface area contributed by atoms with E-state index in [2.05, 4.69) is 217 Å². The fourth-order valence-corrected chi connectivity index (χ4v) is 9.72. The van der Waals surface area contributed by atoms with Crippen LogP contribution >= 0.6 is 11.3 Å². The maximum Gasteiger partial charge on any atom is 0.0555 e. The first-order chi connectivity index (χ1) is 27.8. The van der Waals surface area contributed by atoms with Crippen molar-refractivity contribution in [3.63, 3.8) is 0 Å². The lowest BCUT2D eigenvalue weighted by Crippen LogP contribution is -2.11. The molecule has 0 aliphatic rings. The van der Waals surface area contributed by atoms with Gasteiger partial charge in [-0.05, 0) is 109 Å². The number of fused-ring (bicyclic) bond motifs is 7. The minimum atomic E-state index is 1.11. The third-order valence-electron chi connectivity index (χ3n) is 11.2. The maximum absolute atomic E-state index is 2.47. The highest BCUT2D eigenvalue weighted by Crippen LogP contribution is 2.48. The van der Waals surface area contributed by atoms with Crippen molar-refractivity contribution in [3.05, 3.63) is 212 Å². The number of benzene rings is 10. The van der Waals surface area contributed by atoms with E-state index in [1.165, 1.54) is 91.6 Å². The molecule has 11 aromatic rings. The molecule has 0 radical (unpaired) electrons. The summed E-state index contributed by atoms with van der Waals surface area (Å²) in [7, 11) is 0. The summed E-state index contributed by atoms with van der Waals surface area (Å²) in [6.45, 7) is 0. The highest BCUT2D eigenvalue weighted by atomic mass is 32.1. The van der Waals surface area contributed by atoms with Crippen molar-refractivity contribution in [1.82, 2.24) is 0 Å². The van der Waals surface area contributed by atoms with Crippen molar-refractivity contribution in [1.29, 1.82) is 0 Å². The lowest BCUT2D eigenvalue weighted by Gasteiger charge is -2.29. The second-order valence-electron chi connectivity index (χ2n) is 14.5. The minimum Gasteiger partial charge on any atom is -0.309 e. The molecule has 0 saturated heterocycles. The third kappa shape index (κ3) is 5.46. The molecule has 0 spiro atoms. The SMILES string of the molecule is c1cc(-c2ccccc2N(c2ccc(-c3ccc4c(ccc5ccccc54)c3)cc2)c2cccc3sc4ccccc4c23)cc(-c2cccc3ccccc23)c1. The second kappa shape index (κ2) is 13.4. The molecule has 10 aromatic carbocycles. The van der Waals surface area contributed by atoms with Crippen molar-refractivity contribution in [3.8, 4) is 33.4 Å². The van der Waals surface area contributed by atoms with E-state index in [0.717, 1.165) is 11.4 Å². The molecule has 1 heterocycles. The molecule has 262 valence electrons. The Bertz CT molecular complexity index is 3260. The average molecular weight is 730 g/mol. The Morgan fingerprint density at radius 2 is 0.875 bits per heavy atom. The quantitative estimate of drug-likeness (QED) is 0.154. The Hall–Kier alpha value is -7.00. The van der Waals surface area contributed by atoms with Gasteiger partial charge in [-0.25, -0.2) is 0 Å². The van der Waals surface area contributed by atoms with Gasteiger partial charge in [0, 0.05) is 31.4 Å². The van der Waals surface area contributed by atoms with Crippen molar-refractivity contribution in [2.45, 2.75) is 0 Å². The molecule has 1 nitrogen and oxygen atoms in total. The normalized spacial score (nSPS) is 11.6. The first kappa shape index (κ1) is 32.4. The molecule has 0 N–H and O–H groups in total. The number of para-hydroxylation sites is 1. The van der Waals surface area contributed by atoms with Crippen LogP contribution in [-0.4, -0.2) is 0 Å². The smallest absolute Gasteiger partial charge is 0.0555 e. The summed E-state index contributed by atoms with van der Waals surface area (Å²) in [5.74, 6) is 0. The monoisotopic (exact) mass is 729 g/mol. The zero-order valence-corrected chi connectivity index (χ0v) is 31.4. The summed E-state index contributed by atoms with van der Waals surface area (Å²) in [5.41, 5.74) is 10.6. The molecule has 0 atom stereocenters. The Morgan fingerprint density at radius 1 is 0.304 bits per heavy atom. The standard InChI is InChI=1S/C54H35NS/c1-3-17-44-37(12-1)14-10-21-46(44)40-15-9-16-41(35-40)48-19-5-7-22-50(48)55(51-23-11-25-53-54(51)49-20-6-8-24-52(49)56-53)43-31-28-36(29-32-43)39-30-33-47-42(34-39)27-26-38-13-2-4-18-45(38)47/h1-35H. The van der Waals surface area contributed by atoms with Gasteiger partial charge in [-0.2, -0.15) is 0 Å². The topological polar surface area (TPSA) is 3.24 Å². The summed E-state index contributed by atoms with van der Waals surface area (Å²) < 4.78 is 2.58. The van der Waals surface area contributed by atoms with E-state index in [9.17, 15) is 0 Å². The predicted octanol–water partition coefficient (Wildman–Crippen LogP) is 16.0. The van der Waals surface area contributed by atoms with Crippen LogP contribution in [0.1, 0.15) is 0 Å². The highest BCUT2D eigenvalue weighted by Gasteiger charge is 2.21. The van der Waals surface area contributed by atoms with E-state index >= 15 is 0 Å². The minimum absolute atomic E-state index is 1.11. The molecular formula is C54H35NS. The van der Waals surface area contributed by atoms with Crippen LogP contribution in [0.5, 0.6) is 0 Å². The summed E-state index contributed by atoms with van der Waals surface area (Å²) in [6.07, 6.45) is 0.